The molecule has 0 radical (unpaired) electrons. The van der Waals surface area contributed by atoms with Crippen LogP contribution < -0.4 is 0 Å². The van der Waals surface area contributed by atoms with E-state index < -0.39 is 0 Å². The van der Waals surface area contributed by atoms with Crippen LogP contribution in [-0.4, -0.2) is 32.2 Å². The molecule has 0 unspecified atom stereocenters. The summed E-state index contributed by atoms with van der Waals surface area (Å²) in [5.74, 6) is 0. The monoisotopic (exact) mass is 204 g/mol. The molecule has 13 heavy (non-hydrogen) atoms. The lowest BCUT2D eigenvalue weighted by Crippen LogP contribution is -2.00. The fourth-order valence-electron chi connectivity index (χ4n) is 1.32. The van der Waals surface area contributed by atoms with Gasteiger partial charge < -0.3 is 4.74 Å². The molecule has 0 bridgehead atoms. The van der Waals surface area contributed by atoms with Crippen molar-refractivity contribution in [3.05, 3.63) is 0 Å². The van der Waals surface area contributed by atoms with E-state index >= 15 is 0 Å². The number of methoxy groups -OCH3 is 1. The molecule has 0 aliphatic rings. The lowest BCUT2D eigenvalue weighted by molar-refractivity contribution is 0.218. The van der Waals surface area contributed by atoms with Gasteiger partial charge in [-0.25, -0.2) is 0 Å². The Kier molecular flexibility index (Phi) is 10.8. The van der Waals surface area contributed by atoms with Crippen LogP contribution in [0.15, 0.2) is 0 Å². The molecule has 2 heteroatoms. The maximum atomic E-state index is 5.15. The van der Waals surface area contributed by atoms with Crippen molar-refractivity contribution in [2.45, 2.75) is 39.5 Å². The largest absolute Gasteiger partial charge is 0.384 e. The van der Waals surface area contributed by atoms with E-state index in [2.05, 4.69) is 13.8 Å². The van der Waals surface area contributed by atoms with Gasteiger partial charge in [0.25, 0.3) is 0 Å². The Morgan fingerprint density at radius 3 is 1.85 bits per heavy atom. The predicted molar refractivity (Wildman–Crippen MR) is 63.2 cm³/mol. The highest BCUT2D eigenvalue weighted by atomic mass is 31.1. The fraction of sp³-hybridized carbons (Fsp3) is 1.00. The molecule has 0 aliphatic heterocycles. The van der Waals surface area contributed by atoms with Crippen LogP contribution in [0.25, 0.3) is 0 Å². The van der Waals surface area contributed by atoms with Crippen LogP contribution in [0.1, 0.15) is 39.5 Å². The molecule has 0 N–H and O–H groups in total. The highest BCUT2D eigenvalue weighted by molar-refractivity contribution is 7.57. The Labute approximate surface area is 85.0 Å². The molecule has 0 aromatic carbocycles. The van der Waals surface area contributed by atoms with Gasteiger partial charge in [0.2, 0.25) is 0 Å². The van der Waals surface area contributed by atoms with Gasteiger partial charge in [-0.2, -0.15) is 0 Å². The van der Waals surface area contributed by atoms with Crippen LogP contribution in [0.3, 0.4) is 0 Å². The van der Waals surface area contributed by atoms with Gasteiger partial charge in [0, 0.05) is 7.11 Å². The molecule has 0 rings (SSSR count). The minimum Gasteiger partial charge on any atom is -0.384 e. The van der Waals surface area contributed by atoms with E-state index in [9.17, 15) is 0 Å². The van der Waals surface area contributed by atoms with Crippen molar-refractivity contribution in [3.63, 3.8) is 0 Å². The summed E-state index contributed by atoms with van der Waals surface area (Å²) in [7, 11) is 2.11. The minimum absolute atomic E-state index is 0.297. The van der Waals surface area contributed by atoms with E-state index in [-0.39, 0.29) is 0 Å². The van der Waals surface area contributed by atoms with Gasteiger partial charge in [0.15, 0.2) is 0 Å². The highest BCUT2D eigenvalue weighted by Gasteiger charge is 2.05. The average Bonchev–Trinajstić information content (AvgIpc) is 2.17. The van der Waals surface area contributed by atoms with E-state index in [0.717, 1.165) is 6.61 Å². The Morgan fingerprint density at radius 2 is 1.46 bits per heavy atom. The molecular weight excluding hydrogens is 179 g/mol. The standard InChI is InChI=1S/C11H25OP/c1-4-6-9-13(10-7-5-2)11-8-12-3/h4-11H2,1-3H3. The summed E-state index contributed by atoms with van der Waals surface area (Å²) in [5.41, 5.74) is 0. The second kappa shape index (κ2) is 10.5. The van der Waals surface area contributed by atoms with Gasteiger partial charge in [-0.05, 0) is 31.3 Å². The zero-order valence-electron chi connectivity index (χ0n) is 9.51. The fourth-order valence-corrected chi connectivity index (χ4v) is 3.96. The Balaban J connectivity index is 3.47. The number of unbranched alkanes of at least 4 members (excludes halogenated alkanes) is 2. The molecule has 0 aliphatic carbocycles. The topological polar surface area (TPSA) is 9.23 Å². The zero-order chi connectivity index (χ0) is 9.94. The summed E-state index contributed by atoms with van der Waals surface area (Å²) in [6.45, 7) is 5.53. The summed E-state index contributed by atoms with van der Waals surface area (Å²) >= 11 is 0. The molecule has 0 spiro atoms. The number of rotatable bonds is 9. The summed E-state index contributed by atoms with van der Waals surface area (Å²) in [5, 5.41) is 0. The molecule has 0 amide bonds. The summed E-state index contributed by atoms with van der Waals surface area (Å²) in [4.78, 5) is 0. The first-order valence-corrected chi connectivity index (χ1v) is 7.46. The number of hydrogen-bond donors (Lipinski definition) is 0. The third-order valence-corrected chi connectivity index (χ3v) is 4.98. The number of hydrogen-bond acceptors (Lipinski definition) is 1. The van der Waals surface area contributed by atoms with Crippen LogP contribution in [0.4, 0.5) is 0 Å². The quantitative estimate of drug-likeness (QED) is 0.520. The SMILES string of the molecule is CCCCP(CCCC)CCOC. The van der Waals surface area contributed by atoms with Crippen LogP contribution >= 0.6 is 7.92 Å². The molecule has 0 aromatic rings. The second-order valence-corrected chi connectivity index (χ2v) is 6.22. The lowest BCUT2D eigenvalue weighted by atomic mass is 10.4. The van der Waals surface area contributed by atoms with E-state index in [1.807, 2.05) is 7.11 Å². The van der Waals surface area contributed by atoms with Crippen molar-refractivity contribution in [1.29, 1.82) is 0 Å². The van der Waals surface area contributed by atoms with Crippen molar-refractivity contribution in [2.24, 2.45) is 0 Å². The van der Waals surface area contributed by atoms with Crippen molar-refractivity contribution in [3.8, 4) is 0 Å². The average molecular weight is 204 g/mol. The molecule has 1 nitrogen and oxygen atoms in total. The number of ether oxygens (including phenoxy) is 1. The normalized spacial score (nSPS) is 11.1. The predicted octanol–water partition coefficient (Wildman–Crippen LogP) is 3.71. The van der Waals surface area contributed by atoms with Gasteiger partial charge in [-0.3, -0.25) is 0 Å². The Hall–Kier alpha value is 0.390. The molecular formula is C11H25OP. The van der Waals surface area contributed by atoms with Gasteiger partial charge in [-0.15, -0.1) is 7.92 Å². The van der Waals surface area contributed by atoms with Gasteiger partial charge in [0.05, 0.1) is 6.61 Å². The maximum absolute atomic E-state index is 5.15. The molecule has 0 atom stereocenters. The lowest BCUT2D eigenvalue weighted by Gasteiger charge is -2.16. The van der Waals surface area contributed by atoms with E-state index in [1.165, 1.54) is 44.2 Å². The highest BCUT2D eigenvalue weighted by Crippen LogP contribution is 2.37. The summed E-state index contributed by atoms with van der Waals surface area (Å²) in [6.07, 6.45) is 9.78. The van der Waals surface area contributed by atoms with Gasteiger partial charge in [-0.1, -0.05) is 26.7 Å². The molecule has 0 saturated heterocycles. The Morgan fingerprint density at radius 1 is 0.923 bits per heavy atom. The molecule has 0 fully saturated rings. The zero-order valence-corrected chi connectivity index (χ0v) is 10.4. The van der Waals surface area contributed by atoms with Crippen LogP contribution in [0.2, 0.25) is 0 Å². The van der Waals surface area contributed by atoms with Crippen molar-refractivity contribution in [1.82, 2.24) is 0 Å². The molecule has 0 aromatic heterocycles. The van der Waals surface area contributed by atoms with E-state index in [1.54, 1.807) is 0 Å². The third kappa shape index (κ3) is 8.71. The molecule has 0 heterocycles. The van der Waals surface area contributed by atoms with E-state index in [4.69, 9.17) is 4.74 Å². The van der Waals surface area contributed by atoms with Gasteiger partial charge in [0.1, 0.15) is 0 Å². The van der Waals surface area contributed by atoms with Crippen LogP contribution in [0, 0.1) is 0 Å². The Bertz CT molecular complexity index is 77.1. The minimum atomic E-state index is 0.297. The summed E-state index contributed by atoms with van der Waals surface area (Å²) in [6, 6.07) is 0. The second-order valence-electron chi connectivity index (χ2n) is 3.54. The smallest absolute Gasteiger partial charge is 0.0501 e. The third-order valence-electron chi connectivity index (χ3n) is 2.27. The van der Waals surface area contributed by atoms with Crippen molar-refractivity contribution in [2.75, 3.05) is 32.2 Å². The van der Waals surface area contributed by atoms with Crippen LogP contribution in [-0.2, 0) is 4.74 Å². The maximum Gasteiger partial charge on any atom is 0.0501 e. The molecule has 0 saturated carbocycles. The van der Waals surface area contributed by atoms with Crippen LogP contribution in [0.5, 0.6) is 0 Å². The first-order valence-electron chi connectivity index (χ1n) is 5.56. The molecule has 80 valence electrons. The van der Waals surface area contributed by atoms with E-state index in [0.29, 0.717) is 7.92 Å². The van der Waals surface area contributed by atoms with Gasteiger partial charge >= 0.3 is 0 Å². The van der Waals surface area contributed by atoms with Crippen molar-refractivity contribution < 1.29 is 4.74 Å². The first kappa shape index (κ1) is 13.4. The van der Waals surface area contributed by atoms with Crippen molar-refractivity contribution >= 4 is 7.92 Å². The first-order chi connectivity index (χ1) is 6.35. The summed E-state index contributed by atoms with van der Waals surface area (Å²) < 4.78 is 5.15.